The van der Waals surface area contributed by atoms with Crippen molar-refractivity contribution in [2.45, 2.75) is 58.7 Å². The van der Waals surface area contributed by atoms with E-state index in [1.165, 1.54) is 6.92 Å². The Morgan fingerprint density at radius 1 is 1.00 bits per heavy atom. The van der Waals surface area contributed by atoms with Crippen molar-refractivity contribution in [2.75, 3.05) is 13.1 Å². The highest BCUT2D eigenvalue weighted by Gasteiger charge is 2.39. The Bertz CT molecular complexity index is 148. The van der Waals surface area contributed by atoms with E-state index in [1.807, 2.05) is 13.8 Å². The number of unbranched alkanes of at least 4 members (excludes halogenated alkanes) is 2. The smallest absolute Gasteiger partial charge is 0.292 e. The number of rotatable bonds is 7. The van der Waals surface area contributed by atoms with Crippen LogP contribution in [0.1, 0.15) is 46.5 Å². The zero-order chi connectivity index (χ0) is 11.9. The minimum Gasteiger partial charge on any atom is -0.292 e. The first-order valence-corrected chi connectivity index (χ1v) is 5.74. The second-order valence-electron chi connectivity index (χ2n) is 3.96. The predicted octanol–water partition coefficient (Wildman–Crippen LogP) is 3.84. The maximum atomic E-state index is 12.5. The third-order valence-corrected chi connectivity index (χ3v) is 2.62. The van der Waals surface area contributed by atoms with Gasteiger partial charge in [-0.05, 0) is 32.9 Å². The van der Waals surface area contributed by atoms with Crippen LogP contribution in [0.2, 0.25) is 0 Å². The van der Waals surface area contributed by atoms with Gasteiger partial charge in [0.05, 0.1) is 0 Å². The van der Waals surface area contributed by atoms with E-state index in [4.69, 9.17) is 0 Å². The summed E-state index contributed by atoms with van der Waals surface area (Å²) in [6.45, 7) is 6.35. The van der Waals surface area contributed by atoms with Gasteiger partial charge in [0.15, 0.2) is 0 Å². The predicted molar refractivity (Wildman–Crippen MR) is 56.9 cm³/mol. The van der Waals surface area contributed by atoms with Crippen LogP contribution in [-0.4, -0.2) is 30.2 Å². The van der Waals surface area contributed by atoms with Gasteiger partial charge in [0.25, 0.3) is 0 Å². The van der Waals surface area contributed by atoms with Crippen LogP contribution < -0.4 is 0 Å². The molecule has 0 aromatic rings. The van der Waals surface area contributed by atoms with Crippen LogP contribution in [0.15, 0.2) is 0 Å². The van der Waals surface area contributed by atoms with Crippen molar-refractivity contribution in [2.24, 2.45) is 0 Å². The summed E-state index contributed by atoms with van der Waals surface area (Å²) < 4.78 is 37.5. The first-order chi connectivity index (χ1) is 6.93. The lowest BCUT2D eigenvalue weighted by atomic mass is 10.2. The van der Waals surface area contributed by atoms with Gasteiger partial charge in [0.2, 0.25) is 0 Å². The Labute approximate surface area is 90.6 Å². The quantitative estimate of drug-likeness (QED) is 0.636. The van der Waals surface area contributed by atoms with Gasteiger partial charge in [-0.3, -0.25) is 4.90 Å². The third kappa shape index (κ3) is 6.03. The lowest BCUT2D eigenvalue weighted by molar-refractivity contribution is -0.179. The first kappa shape index (κ1) is 14.8. The van der Waals surface area contributed by atoms with E-state index in [-0.39, 0.29) is 0 Å². The highest BCUT2D eigenvalue weighted by atomic mass is 19.4. The monoisotopic (exact) mass is 225 g/mol. The van der Waals surface area contributed by atoms with Gasteiger partial charge in [-0.1, -0.05) is 26.7 Å². The van der Waals surface area contributed by atoms with E-state index < -0.39 is 12.2 Å². The highest BCUT2D eigenvalue weighted by Crippen LogP contribution is 2.24. The fourth-order valence-corrected chi connectivity index (χ4v) is 1.43. The van der Waals surface area contributed by atoms with Crippen molar-refractivity contribution in [1.29, 1.82) is 0 Å². The van der Waals surface area contributed by atoms with Gasteiger partial charge in [0.1, 0.15) is 6.04 Å². The SMILES string of the molecule is CCCCN(CCCC)C(C)C(F)(F)F. The summed E-state index contributed by atoms with van der Waals surface area (Å²) in [6, 6.07) is -1.31. The van der Waals surface area contributed by atoms with Crippen LogP contribution in [-0.2, 0) is 0 Å². The number of nitrogens with zero attached hydrogens (tertiary/aromatic N) is 1. The van der Waals surface area contributed by atoms with Crippen LogP contribution in [0.3, 0.4) is 0 Å². The molecule has 0 aliphatic heterocycles. The molecule has 0 rings (SSSR count). The number of alkyl halides is 3. The Kier molecular flexibility index (Phi) is 6.98. The van der Waals surface area contributed by atoms with Gasteiger partial charge in [-0.2, -0.15) is 13.2 Å². The molecule has 0 heterocycles. The molecule has 0 spiro atoms. The van der Waals surface area contributed by atoms with Crippen molar-refractivity contribution in [3.8, 4) is 0 Å². The van der Waals surface area contributed by atoms with Crippen molar-refractivity contribution in [3.63, 3.8) is 0 Å². The van der Waals surface area contributed by atoms with E-state index in [0.717, 1.165) is 25.7 Å². The molecule has 92 valence electrons. The summed E-state index contributed by atoms with van der Waals surface area (Å²) >= 11 is 0. The second-order valence-corrected chi connectivity index (χ2v) is 3.96. The Morgan fingerprint density at radius 3 is 1.67 bits per heavy atom. The average molecular weight is 225 g/mol. The molecular formula is C11H22F3N. The molecular weight excluding hydrogens is 203 g/mol. The molecule has 0 aliphatic carbocycles. The normalized spacial score (nSPS) is 14.6. The van der Waals surface area contributed by atoms with Crippen molar-refractivity contribution in [3.05, 3.63) is 0 Å². The van der Waals surface area contributed by atoms with Gasteiger partial charge < -0.3 is 0 Å². The van der Waals surface area contributed by atoms with Crippen molar-refractivity contribution in [1.82, 2.24) is 4.90 Å². The van der Waals surface area contributed by atoms with E-state index in [1.54, 1.807) is 4.90 Å². The van der Waals surface area contributed by atoms with Gasteiger partial charge in [-0.25, -0.2) is 0 Å². The Hall–Kier alpha value is -0.250. The summed E-state index contributed by atoms with van der Waals surface area (Å²) in [6.07, 6.45) is -0.545. The standard InChI is InChI=1S/C11H22F3N/c1-4-6-8-15(9-7-5-2)10(3)11(12,13)14/h10H,4-9H2,1-3H3. The molecule has 0 radical (unpaired) electrons. The molecule has 0 amide bonds. The Morgan fingerprint density at radius 2 is 1.40 bits per heavy atom. The molecule has 0 aliphatic rings. The summed E-state index contributed by atoms with van der Waals surface area (Å²) in [5, 5.41) is 0. The van der Waals surface area contributed by atoms with Crippen LogP contribution >= 0.6 is 0 Å². The summed E-state index contributed by atoms with van der Waals surface area (Å²) in [7, 11) is 0. The third-order valence-electron chi connectivity index (χ3n) is 2.62. The Balaban J connectivity index is 4.20. The average Bonchev–Trinajstić information content (AvgIpc) is 2.16. The molecule has 15 heavy (non-hydrogen) atoms. The lowest BCUT2D eigenvalue weighted by Crippen LogP contribution is -2.44. The fourth-order valence-electron chi connectivity index (χ4n) is 1.43. The van der Waals surface area contributed by atoms with Gasteiger partial charge >= 0.3 is 6.18 Å². The number of hydrogen-bond acceptors (Lipinski definition) is 1. The molecule has 0 N–H and O–H groups in total. The topological polar surface area (TPSA) is 3.24 Å². The molecule has 0 saturated heterocycles. The number of hydrogen-bond donors (Lipinski definition) is 0. The molecule has 0 aromatic heterocycles. The maximum absolute atomic E-state index is 12.5. The van der Waals surface area contributed by atoms with E-state index in [2.05, 4.69) is 0 Å². The zero-order valence-electron chi connectivity index (χ0n) is 9.90. The van der Waals surface area contributed by atoms with Gasteiger partial charge in [-0.15, -0.1) is 0 Å². The van der Waals surface area contributed by atoms with Crippen LogP contribution in [0, 0.1) is 0 Å². The maximum Gasteiger partial charge on any atom is 0.403 e. The van der Waals surface area contributed by atoms with Crippen LogP contribution in [0.4, 0.5) is 13.2 Å². The van der Waals surface area contributed by atoms with E-state index in [0.29, 0.717) is 13.1 Å². The largest absolute Gasteiger partial charge is 0.403 e. The molecule has 0 saturated carbocycles. The summed E-state index contributed by atoms with van der Waals surface area (Å²) in [4.78, 5) is 1.55. The van der Waals surface area contributed by atoms with Crippen molar-refractivity contribution < 1.29 is 13.2 Å². The molecule has 0 aromatic carbocycles. The van der Waals surface area contributed by atoms with E-state index in [9.17, 15) is 13.2 Å². The van der Waals surface area contributed by atoms with Crippen LogP contribution in [0.25, 0.3) is 0 Å². The summed E-state index contributed by atoms with van der Waals surface area (Å²) in [5.41, 5.74) is 0. The molecule has 0 fully saturated rings. The number of halogens is 3. The highest BCUT2D eigenvalue weighted by molar-refractivity contribution is 4.74. The minimum atomic E-state index is -4.10. The zero-order valence-corrected chi connectivity index (χ0v) is 9.90. The molecule has 0 bridgehead atoms. The van der Waals surface area contributed by atoms with Gasteiger partial charge in [0, 0.05) is 0 Å². The lowest BCUT2D eigenvalue weighted by Gasteiger charge is -2.30. The molecule has 1 unspecified atom stereocenters. The van der Waals surface area contributed by atoms with Crippen molar-refractivity contribution >= 4 is 0 Å². The molecule has 4 heteroatoms. The molecule has 1 atom stereocenters. The van der Waals surface area contributed by atoms with Crippen LogP contribution in [0.5, 0.6) is 0 Å². The first-order valence-electron chi connectivity index (χ1n) is 5.74. The minimum absolute atomic E-state index is 0.553. The second kappa shape index (κ2) is 7.09. The summed E-state index contributed by atoms with van der Waals surface area (Å²) in [5.74, 6) is 0. The molecule has 1 nitrogen and oxygen atoms in total. The van der Waals surface area contributed by atoms with E-state index >= 15 is 0 Å². The fraction of sp³-hybridized carbons (Fsp3) is 1.00.